The fraction of sp³-hybridized carbons (Fsp3) is 0.393. The number of hydrogen-bond acceptors (Lipinski definition) is 8. The molecule has 0 radical (unpaired) electrons. The lowest BCUT2D eigenvalue weighted by atomic mass is 10.2. The third-order valence-electron chi connectivity index (χ3n) is 6.25. The zero-order chi connectivity index (χ0) is 28.9. The molecule has 2 aromatic heterocycles. The minimum absolute atomic E-state index is 0.0240. The van der Waals surface area contributed by atoms with Gasteiger partial charge < -0.3 is 19.6 Å². The molecule has 0 amide bonds. The fourth-order valence-electron chi connectivity index (χ4n) is 4.50. The molecule has 0 unspecified atom stereocenters. The number of aromatic amines is 1. The molecule has 0 saturated heterocycles. The molecule has 11 nitrogen and oxygen atoms in total. The maximum absolute atomic E-state index is 14.0. The summed E-state index contributed by atoms with van der Waals surface area (Å²) in [5, 5.41) is 14.1. The molecule has 0 aliphatic carbocycles. The van der Waals surface area contributed by atoms with Crippen LogP contribution in [0.5, 0.6) is 11.5 Å². The Labute approximate surface area is 233 Å². The Morgan fingerprint density at radius 1 is 1.07 bits per heavy atom. The quantitative estimate of drug-likeness (QED) is 0.248. The van der Waals surface area contributed by atoms with Crippen molar-refractivity contribution in [1.82, 2.24) is 19.6 Å². The molecular weight excluding hydrogens is 534 g/mol. The van der Waals surface area contributed by atoms with Gasteiger partial charge in [-0.05, 0) is 63.9 Å². The Morgan fingerprint density at radius 3 is 2.55 bits per heavy atom. The van der Waals surface area contributed by atoms with Crippen molar-refractivity contribution in [3.05, 3.63) is 64.3 Å². The van der Waals surface area contributed by atoms with Gasteiger partial charge in [-0.3, -0.25) is 9.10 Å². The van der Waals surface area contributed by atoms with Crippen LogP contribution in [0, 0.1) is 6.92 Å². The average molecular weight is 570 g/mol. The number of fused-ring (bicyclic) bond motifs is 1. The van der Waals surface area contributed by atoms with E-state index >= 15 is 0 Å². The number of sulfonamides is 1. The number of hydrogen-bond donors (Lipinski definition) is 2. The lowest BCUT2D eigenvalue weighted by Gasteiger charge is -2.25. The van der Waals surface area contributed by atoms with Gasteiger partial charge in [-0.1, -0.05) is 13.0 Å². The molecule has 2 aromatic carbocycles. The van der Waals surface area contributed by atoms with Gasteiger partial charge in [-0.2, -0.15) is 0 Å². The number of H-pyrrole nitrogens is 1. The standard InChI is InChI=1S/C28H35N5O6S/c1-5-10-25-29-19(4)26-28(35)30-27(31-33(25)26)23-18-22(13-14-24(23)39-7-3)40(36,37)32(15-9-16-34)20-11-8-12-21(17-20)38-6-2/h8,11-14,17-18,34H,5-7,9-10,15-16H2,1-4H3,(H,30,31,35). The number of aliphatic hydroxyl groups is 1. The molecule has 4 rings (SSSR count). The molecular formula is C28H35N5O6S. The van der Waals surface area contributed by atoms with Gasteiger partial charge in [0.2, 0.25) is 0 Å². The minimum atomic E-state index is -4.11. The number of nitrogens with zero attached hydrogens (tertiary/aromatic N) is 4. The molecule has 214 valence electrons. The van der Waals surface area contributed by atoms with Crippen molar-refractivity contribution < 1.29 is 23.0 Å². The summed E-state index contributed by atoms with van der Waals surface area (Å²) >= 11 is 0. The van der Waals surface area contributed by atoms with Crippen LogP contribution in [0.3, 0.4) is 0 Å². The van der Waals surface area contributed by atoms with Gasteiger partial charge in [0.1, 0.15) is 17.3 Å². The van der Waals surface area contributed by atoms with E-state index in [1.165, 1.54) is 21.0 Å². The van der Waals surface area contributed by atoms with Crippen molar-refractivity contribution in [3.63, 3.8) is 0 Å². The van der Waals surface area contributed by atoms with E-state index in [2.05, 4.69) is 15.1 Å². The lowest BCUT2D eigenvalue weighted by Crippen LogP contribution is -2.32. The predicted molar refractivity (Wildman–Crippen MR) is 153 cm³/mol. The molecule has 0 atom stereocenters. The van der Waals surface area contributed by atoms with E-state index in [9.17, 15) is 18.3 Å². The van der Waals surface area contributed by atoms with E-state index in [-0.39, 0.29) is 35.9 Å². The van der Waals surface area contributed by atoms with Crippen molar-refractivity contribution in [3.8, 4) is 22.9 Å². The normalized spacial score (nSPS) is 11.6. The largest absolute Gasteiger partial charge is 0.494 e. The average Bonchev–Trinajstić information content (AvgIpc) is 3.25. The molecule has 2 N–H and O–H groups in total. The van der Waals surface area contributed by atoms with E-state index in [0.717, 1.165) is 6.42 Å². The first-order valence-electron chi connectivity index (χ1n) is 13.4. The summed E-state index contributed by atoms with van der Waals surface area (Å²) in [7, 11) is -4.11. The van der Waals surface area contributed by atoms with Crippen molar-refractivity contribution in [1.29, 1.82) is 0 Å². The van der Waals surface area contributed by atoms with E-state index in [0.29, 0.717) is 59.4 Å². The second-order valence-electron chi connectivity index (χ2n) is 9.10. The summed E-state index contributed by atoms with van der Waals surface area (Å²) in [5.41, 5.74) is 1.25. The summed E-state index contributed by atoms with van der Waals surface area (Å²) in [6.07, 6.45) is 1.67. The second-order valence-corrected chi connectivity index (χ2v) is 11.0. The van der Waals surface area contributed by atoms with Gasteiger partial charge >= 0.3 is 0 Å². The highest BCUT2D eigenvalue weighted by Crippen LogP contribution is 2.33. The molecule has 0 fully saturated rings. The molecule has 0 saturated carbocycles. The summed E-state index contributed by atoms with van der Waals surface area (Å²) in [5.74, 6) is 1.71. The smallest absolute Gasteiger partial charge is 0.277 e. The number of ether oxygens (including phenoxy) is 2. The van der Waals surface area contributed by atoms with Crippen LogP contribution in [-0.2, 0) is 16.4 Å². The molecule has 12 heteroatoms. The third-order valence-corrected chi connectivity index (χ3v) is 8.07. The highest BCUT2D eigenvalue weighted by atomic mass is 32.2. The molecule has 40 heavy (non-hydrogen) atoms. The Bertz CT molecular complexity index is 1650. The Kier molecular flexibility index (Phi) is 9.10. The highest BCUT2D eigenvalue weighted by Gasteiger charge is 2.27. The maximum Gasteiger partial charge on any atom is 0.277 e. The molecule has 0 aliphatic rings. The Hall–Kier alpha value is -3.90. The Balaban J connectivity index is 1.88. The third kappa shape index (κ3) is 5.82. The van der Waals surface area contributed by atoms with Gasteiger partial charge in [0.25, 0.3) is 15.6 Å². The number of anilines is 1. The van der Waals surface area contributed by atoms with Crippen molar-refractivity contribution in [2.75, 3.05) is 30.7 Å². The van der Waals surface area contributed by atoms with Crippen molar-refractivity contribution in [2.45, 2.75) is 51.9 Å². The van der Waals surface area contributed by atoms with E-state index in [4.69, 9.17) is 9.47 Å². The van der Waals surface area contributed by atoms with Crippen LogP contribution in [0.2, 0.25) is 0 Å². The van der Waals surface area contributed by atoms with Crippen LogP contribution in [-0.4, -0.2) is 59.5 Å². The van der Waals surface area contributed by atoms with E-state index in [1.807, 2.05) is 20.8 Å². The number of imidazole rings is 1. The lowest BCUT2D eigenvalue weighted by molar-refractivity contribution is 0.291. The fourth-order valence-corrected chi connectivity index (χ4v) is 6.03. The zero-order valence-electron chi connectivity index (χ0n) is 23.2. The summed E-state index contributed by atoms with van der Waals surface area (Å²) < 4.78 is 42.2. The van der Waals surface area contributed by atoms with Crippen LogP contribution in [0.1, 0.15) is 45.1 Å². The first-order valence-corrected chi connectivity index (χ1v) is 14.8. The number of aryl methyl sites for hydroxylation is 2. The van der Waals surface area contributed by atoms with Crippen LogP contribution in [0.25, 0.3) is 16.9 Å². The van der Waals surface area contributed by atoms with Crippen LogP contribution in [0.4, 0.5) is 5.69 Å². The molecule has 0 bridgehead atoms. The summed E-state index contributed by atoms with van der Waals surface area (Å²) in [6, 6.07) is 11.3. The first kappa shape index (κ1) is 29.1. The summed E-state index contributed by atoms with van der Waals surface area (Å²) in [6.45, 7) is 8.05. The molecule has 0 aliphatic heterocycles. The van der Waals surface area contributed by atoms with E-state index in [1.54, 1.807) is 37.3 Å². The molecule has 4 aromatic rings. The van der Waals surface area contributed by atoms with Crippen LogP contribution in [0.15, 0.2) is 52.2 Å². The summed E-state index contributed by atoms with van der Waals surface area (Å²) in [4.78, 5) is 20.4. The van der Waals surface area contributed by atoms with E-state index < -0.39 is 10.0 Å². The molecule has 2 heterocycles. The Morgan fingerprint density at radius 2 is 1.85 bits per heavy atom. The van der Waals surface area contributed by atoms with Crippen LogP contribution < -0.4 is 19.3 Å². The topological polar surface area (TPSA) is 139 Å². The van der Waals surface area contributed by atoms with Gasteiger partial charge in [-0.15, -0.1) is 5.10 Å². The molecule has 0 spiro atoms. The number of nitrogens with one attached hydrogen (secondary N) is 1. The SMILES string of the molecule is CCCc1nc(C)c2c(=O)[nH]c(-c3cc(S(=O)(=O)N(CCCO)c4cccc(OCC)c4)ccc3OCC)nn12. The highest BCUT2D eigenvalue weighted by molar-refractivity contribution is 7.92. The minimum Gasteiger partial charge on any atom is -0.494 e. The second kappa shape index (κ2) is 12.5. The maximum atomic E-state index is 14.0. The predicted octanol–water partition coefficient (Wildman–Crippen LogP) is 3.72. The van der Waals surface area contributed by atoms with Gasteiger partial charge in [-0.25, -0.2) is 17.9 Å². The van der Waals surface area contributed by atoms with Gasteiger partial charge in [0.15, 0.2) is 11.3 Å². The number of aliphatic hydroxyl groups excluding tert-OH is 1. The monoisotopic (exact) mass is 569 g/mol. The number of benzene rings is 2. The van der Waals surface area contributed by atoms with Crippen molar-refractivity contribution in [2.24, 2.45) is 0 Å². The van der Waals surface area contributed by atoms with Crippen molar-refractivity contribution >= 4 is 21.2 Å². The zero-order valence-corrected chi connectivity index (χ0v) is 24.0. The number of aromatic nitrogens is 4. The van der Waals surface area contributed by atoms with Gasteiger partial charge in [0, 0.05) is 25.6 Å². The first-order chi connectivity index (χ1) is 19.2. The number of rotatable bonds is 13. The van der Waals surface area contributed by atoms with Crippen LogP contribution >= 0.6 is 0 Å². The van der Waals surface area contributed by atoms with Gasteiger partial charge in [0.05, 0.1) is 35.1 Å².